The number of anilines is 2. The third kappa shape index (κ3) is 2.13. The Hall–Kier alpha value is -1.48. The molecule has 2 rings (SSSR count). The van der Waals surface area contributed by atoms with Gasteiger partial charge in [-0.25, -0.2) is 0 Å². The third-order valence-corrected chi connectivity index (χ3v) is 2.93. The minimum absolute atomic E-state index is 0.745. The van der Waals surface area contributed by atoms with E-state index in [0.29, 0.717) is 0 Å². The van der Waals surface area contributed by atoms with Crippen molar-refractivity contribution in [1.82, 2.24) is 0 Å². The summed E-state index contributed by atoms with van der Waals surface area (Å²) in [4.78, 5) is 0. The van der Waals surface area contributed by atoms with Gasteiger partial charge in [0.25, 0.3) is 0 Å². The molecular formula is C12H11BrN2. The molecule has 0 aliphatic heterocycles. The maximum Gasteiger partial charge on any atom is 0.0458 e. The lowest BCUT2D eigenvalue weighted by Crippen LogP contribution is -1.87. The van der Waals surface area contributed by atoms with Crippen molar-refractivity contribution in [2.75, 3.05) is 11.5 Å². The molecule has 2 aromatic rings. The van der Waals surface area contributed by atoms with Gasteiger partial charge in [0.2, 0.25) is 0 Å². The van der Waals surface area contributed by atoms with Crippen molar-refractivity contribution >= 4 is 27.3 Å². The van der Waals surface area contributed by atoms with Gasteiger partial charge in [-0.15, -0.1) is 0 Å². The zero-order valence-corrected chi connectivity index (χ0v) is 9.66. The third-order valence-electron chi connectivity index (χ3n) is 2.24. The topological polar surface area (TPSA) is 52.0 Å². The molecular weight excluding hydrogens is 252 g/mol. The van der Waals surface area contributed by atoms with Gasteiger partial charge in [0.05, 0.1) is 0 Å². The highest BCUT2D eigenvalue weighted by molar-refractivity contribution is 9.10. The first-order valence-electron chi connectivity index (χ1n) is 4.58. The molecule has 0 saturated heterocycles. The Labute approximate surface area is 97.0 Å². The highest BCUT2D eigenvalue weighted by Crippen LogP contribution is 2.27. The summed E-state index contributed by atoms with van der Waals surface area (Å²) in [5, 5.41) is 0. The van der Waals surface area contributed by atoms with Crippen LogP contribution in [-0.4, -0.2) is 0 Å². The Morgan fingerprint density at radius 1 is 0.800 bits per heavy atom. The predicted octanol–water partition coefficient (Wildman–Crippen LogP) is 3.28. The fraction of sp³-hybridized carbons (Fsp3) is 0. The summed E-state index contributed by atoms with van der Waals surface area (Å²) in [6.45, 7) is 0. The number of nitrogens with two attached hydrogens (primary N) is 2. The van der Waals surface area contributed by atoms with E-state index in [2.05, 4.69) is 15.9 Å². The molecule has 0 spiro atoms. The zero-order valence-electron chi connectivity index (χ0n) is 8.07. The number of benzene rings is 2. The summed E-state index contributed by atoms with van der Waals surface area (Å²) in [6, 6.07) is 13.6. The van der Waals surface area contributed by atoms with Crippen LogP contribution >= 0.6 is 15.9 Å². The molecule has 2 aromatic carbocycles. The highest BCUT2D eigenvalue weighted by Gasteiger charge is 2.00. The van der Waals surface area contributed by atoms with Gasteiger partial charge in [0, 0.05) is 15.8 Å². The first-order valence-corrected chi connectivity index (χ1v) is 5.37. The standard InChI is InChI=1S/C12H11BrN2/c13-11-7-9(3-6-12(11)15)8-1-4-10(14)5-2-8/h1-7H,14-15H2. The maximum absolute atomic E-state index is 5.72. The van der Waals surface area contributed by atoms with Crippen LogP contribution in [-0.2, 0) is 0 Å². The van der Waals surface area contributed by atoms with Gasteiger partial charge in [-0.1, -0.05) is 18.2 Å². The summed E-state index contributed by atoms with van der Waals surface area (Å²) < 4.78 is 0.914. The van der Waals surface area contributed by atoms with E-state index in [0.717, 1.165) is 27.0 Å². The molecule has 0 amide bonds. The lowest BCUT2D eigenvalue weighted by atomic mass is 10.1. The number of nitrogen functional groups attached to an aromatic ring is 2. The average molecular weight is 263 g/mol. The van der Waals surface area contributed by atoms with E-state index >= 15 is 0 Å². The molecule has 3 heteroatoms. The van der Waals surface area contributed by atoms with Crippen LogP contribution in [0.25, 0.3) is 11.1 Å². The van der Waals surface area contributed by atoms with Crippen molar-refractivity contribution in [3.63, 3.8) is 0 Å². The van der Waals surface area contributed by atoms with Crippen LogP contribution in [0.4, 0.5) is 11.4 Å². The SMILES string of the molecule is Nc1ccc(-c2ccc(N)c(Br)c2)cc1. The van der Waals surface area contributed by atoms with Crippen LogP contribution in [0.2, 0.25) is 0 Å². The first kappa shape index (κ1) is 10.1. The maximum atomic E-state index is 5.72. The van der Waals surface area contributed by atoms with Gasteiger partial charge in [-0.2, -0.15) is 0 Å². The van der Waals surface area contributed by atoms with Crippen LogP contribution in [0.5, 0.6) is 0 Å². The van der Waals surface area contributed by atoms with Gasteiger partial charge < -0.3 is 11.5 Å². The van der Waals surface area contributed by atoms with E-state index in [-0.39, 0.29) is 0 Å². The molecule has 15 heavy (non-hydrogen) atoms. The number of rotatable bonds is 1. The van der Waals surface area contributed by atoms with E-state index in [1.807, 2.05) is 42.5 Å². The quantitative estimate of drug-likeness (QED) is 0.776. The molecule has 4 N–H and O–H groups in total. The van der Waals surface area contributed by atoms with Gasteiger partial charge in [0.15, 0.2) is 0 Å². The number of halogens is 1. The van der Waals surface area contributed by atoms with E-state index in [1.54, 1.807) is 0 Å². The Bertz CT molecular complexity index is 477. The van der Waals surface area contributed by atoms with Crippen LogP contribution < -0.4 is 11.5 Å². The molecule has 2 nitrogen and oxygen atoms in total. The monoisotopic (exact) mass is 262 g/mol. The van der Waals surface area contributed by atoms with Crippen molar-refractivity contribution in [1.29, 1.82) is 0 Å². The summed E-state index contributed by atoms with van der Waals surface area (Å²) >= 11 is 3.41. The fourth-order valence-electron chi connectivity index (χ4n) is 1.38. The Kier molecular flexibility index (Phi) is 2.64. The van der Waals surface area contributed by atoms with Gasteiger partial charge in [-0.3, -0.25) is 0 Å². The van der Waals surface area contributed by atoms with Crippen LogP contribution in [0.1, 0.15) is 0 Å². The fourth-order valence-corrected chi connectivity index (χ4v) is 1.76. The van der Waals surface area contributed by atoms with Crippen LogP contribution in [0, 0.1) is 0 Å². The molecule has 0 fully saturated rings. The zero-order chi connectivity index (χ0) is 10.8. The molecule has 0 bridgehead atoms. The van der Waals surface area contributed by atoms with Crippen LogP contribution in [0.3, 0.4) is 0 Å². The Morgan fingerprint density at radius 2 is 1.40 bits per heavy atom. The molecule has 0 heterocycles. The predicted molar refractivity (Wildman–Crippen MR) is 68.4 cm³/mol. The van der Waals surface area contributed by atoms with E-state index in [1.165, 1.54) is 0 Å². The molecule has 0 unspecified atom stereocenters. The second kappa shape index (κ2) is 3.95. The Morgan fingerprint density at radius 3 is 2.00 bits per heavy atom. The molecule has 0 aromatic heterocycles. The largest absolute Gasteiger partial charge is 0.399 e. The smallest absolute Gasteiger partial charge is 0.0458 e. The van der Waals surface area contributed by atoms with E-state index < -0.39 is 0 Å². The van der Waals surface area contributed by atoms with E-state index in [9.17, 15) is 0 Å². The van der Waals surface area contributed by atoms with E-state index in [4.69, 9.17) is 11.5 Å². The summed E-state index contributed by atoms with van der Waals surface area (Å²) in [7, 11) is 0. The van der Waals surface area contributed by atoms with Crippen molar-refractivity contribution in [3.05, 3.63) is 46.9 Å². The van der Waals surface area contributed by atoms with Gasteiger partial charge >= 0.3 is 0 Å². The first-order chi connectivity index (χ1) is 7.16. The lowest BCUT2D eigenvalue weighted by Gasteiger charge is -2.04. The second-order valence-corrected chi connectivity index (χ2v) is 4.21. The summed E-state index contributed by atoms with van der Waals surface area (Å²) in [5.41, 5.74) is 15.1. The van der Waals surface area contributed by atoms with Gasteiger partial charge in [0.1, 0.15) is 0 Å². The highest BCUT2D eigenvalue weighted by atomic mass is 79.9. The molecule has 0 radical (unpaired) electrons. The normalized spacial score (nSPS) is 10.2. The van der Waals surface area contributed by atoms with Gasteiger partial charge in [-0.05, 0) is 51.3 Å². The summed E-state index contributed by atoms with van der Waals surface area (Å²) in [5.74, 6) is 0. The lowest BCUT2D eigenvalue weighted by molar-refractivity contribution is 1.58. The molecule has 0 atom stereocenters. The minimum atomic E-state index is 0.745. The average Bonchev–Trinajstić information content (AvgIpc) is 2.23. The second-order valence-electron chi connectivity index (χ2n) is 3.36. The molecule has 0 aliphatic carbocycles. The van der Waals surface area contributed by atoms with Crippen LogP contribution in [0.15, 0.2) is 46.9 Å². The van der Waals surface area contributed by atoms with Crippen molar-refractivity contribution in [3.8, 4) is 11.1 Å². The number of hydrogen-bond acceptors (Lipinski definition) is 2. The molecule has 0 saturated carbocycles. The molecule has 76 valence electrons. The number of hydrogen-bond donors (Lipinski definition) is 2. The molecule has 0 aliphatic rings. The summed E-state index contributed by atoms with van der Waals surface area (Å²) in [6.07, 6.45) is 0. The Balaban J connectivity index is 2.45. The van der Waals surface area contributed by atoms with Crippen molar-refractivity contribution < 1.29 is 0 Å². The van der Waals surface area contributed by atoms with Crippen molar-refractivity contribution in [2.45, 2.75) is 0 Å². The minimum Gasteiger partial charge on any atom is -0.399 e. The van der Waals surface area contributed by atoms with Crippen molar-refractivity contribution in [2.24, 2.45) is 0 Å².